The first-order valence-corrected chi connectivity index (χ1v) is 21.9. The van der Waals surface area contributed by atoms with Crippen LogP contribution in [0.25, 0.3) is 0 Å². The molecular formula is C44H87NO3. The number of allylic oxidation sites excluding steroid dienone is 1. The van der Waals surface area contributed by atoms with Crippen molar-refractivity contribution in [3.63, 3.8) is 0 Å². The summed E-state index contributed by atoms with van der Waals surface area (Å²) in [7, 11) is 0. The zero-order valence-electron chi connectivity index (χ0n) is 32.8. The van der Waals surface area contributed by atoms with Crippen molar-refractivity contribution in [2.24, 2.45) is 0 Å². The van der Waals surface area contributed by atoms with Crippen LogP contribution in [0.4, 0.5) is 0 Å². The van der Waals surface area contributed by atoms with Crippen molar-refractivity contribution >= 4 is 5.91 Å². The van der Waals surface area contributed by atoms with Gasteiger partial charge in [0, 0.05) is 6.42 Å². The Balaban J connectivity index is 3.34. The smallest absolute Gasteiger partial charge is 0.220 e. The summed E-state index contributed by atoms with van der Waals surface area (Å²) in [6, 6.07) is -0.613. The van der Waals surface area contributed by atoms with Gasteiger partial charge in [-0.15, -0.1) is 0 Å². The molecule has 0 aliphatic rings. The lowest BCUT2D eigenvalue weighted by atomic mass is 10.0. The molecule has 0 aliphatic heterocycles. The molecule has 0 rings (SSSR count). The van der Waals surface area contributed by atoms with Gasteiger partial charge in [-0.2, -0.15) is 0 Å². The van der Waals surface area contributed by atoms with Gasteiger partial charge in [0.05, 0.1) is 18.8 Å². The van der Waals surface area contributed by atoms with E-state index in [4.69, 9.17) is 0 Å². The van der Waals surface area contributed by atoms with E-state index in [9.17, 15) is 15.0 Å². The largest absolute Gasteiger partial charge is 0.394 e. The number of unbranched alkanes of at least 4 members (excludes halogenated alkanes) is 33. The van der Waals surface area contributed by atoms with Crippen molar-refractivity contribution in [1.82, 2.24) is 5.32 Å². The molecule has 0 saturated carbocycles. The number of hydrogen-bond donors (Lipinski definition) is 3. The first kappa shape index (κ1) is 47.1. The van der Waals surface area contributed by atoms with Crippen LogP contribution in [0.5, 0.6) is 0 Å². The third kappa shape index (κ3) is 36.4. The Bertz CT molecular complexity index is 651. The maximum absolute atomic E-state index is 12.1. The second-order valence-electron chi connectivity index (χ2n) is 15.1. The topological polar surface area (TPSA) is 69.6 Å². The average molecular weight is 678 g/mol. The van der Waals surface area contributed by atoms with Crippen LogP contribution in [0.3, 0.4) is 0 Å². The quantitative estimate of drug-likeness (QED) is 0.0446. The van der Waals surface area contributed by atoms with Crippen LogP contribution in [0.2, 0.25) is 0 Å². The summed E-state index contributed by atoms with van der Waals surface area (Å²) in [5.74, 6) is -0.0751. The van der Waals surface area contributed by atoms with Gasteiger partial charge in [0.1, 0.15) is 0 Å². The number of nitrogens with one attached hydrogen (secondary N) is 1. The Labute approximate surface area is 301 Å². The first-order valence-electron chi connectivity index (χ1n) is 21.9. The third-order valence-corrected chi connectivity index (χ3v) is 10.3. The summed E-state index contributed by atoms with van der Waals surface area (Å²) in [6.45, 7) is 4.24. The molecule has 48 heavy (non-hydrogen) atoms. The number of aliphatic hydroxyl groups excluding tert-OH is 2. The van der Waals surface area contributed by atoms with Crippen LogP contribution in [0.15, 0.2) is 12.2 Å². The van der Waals surface area contributed by atoms with Crippen LogP contribution >= 0.6 is 0 Å². The van der Waals surface area contributed by atoms with Crippen LogP contribution < -0.4 is 5.32 Å². The maximum Gasteiger partial charge on any atom is 0.220 e. The fraction of sp³-hybridized carbons (Fsp3) is 0.932. The van der Waals surface area contributed by atoms with Crippen LogP contribution in [0.1, 0.15) is 245 Å². The summed E-state index contributed by atoms with van der Waals surface area (Å²) in [6.07, 6.45) is 50.9. The van der Waals surface area contributed by atoms with E-state index in [1.54, 1.807) is 6.08 Å². The average Bonchev–Trinajstić information content (AvgIpc) is 3.09. The molecule has 0 radical (unpaired) electrons. The number of carbonyl (C=O) groups is 1. The van der Waals surface area contributed by atoms with Crippen LogP contribution in [-0.4, -0.2) is 34.9 Å². The Morgan fingerprint density at radius 1 is 0.479 bits per heavy atom. The standard InChI is InChI=1S/C44H87NO3/c1-3-5-7-9-10-11-12-13-14-15-16-17-18-19-20-21-22-23-24-25-26-27-28-29-30-31-32-33-34-36-37-39-43(47)42(41-46)45-44(48)40-38-35-8-6-4-2/h37,39,42-43,46-47H,3-36,38,40-41H2,1-2H3,(H,45,48)/b39-37+. The lowest BCUT2D eigenvalue weighted by Gasteiger charge is -2.20. The van der Waals surface area contributed by atoms with Gasteiger partial charge < -0.3 is 15.5 Å². The van der Waals surface area contributed by atoms with E-state index >= 15 is 0 Å². The zero-order chi connectivity index (χ0) is 35.0. The molecule has 3 N–H and O–H groups in total. The summed E-state index contributed by atoms with van der Waals surface area (Å²) < 4.78 is 0. The van der Waals surface area contributed by atoms with E-state index in [1.165, 1.54) is 193 Å². The normalized spacial score (nSPS) is 13.0. The number of rotatable bonds is 40. The molecular weight excluding hydrogens is 590 g/mol. The molecule has 0 aliphatic carbocycles. The molecule has 2 atom stereocenters. The highest BCUT2D eigenvalue weighted by Gasteiger charge is 2.17. The maximum atomic E-state index is 12.1. The van der Waals surface area contributed by atoms with Gasteiger partial charge in [0.2, 0.25) is 5.91 Å². The summed E-state index contributed by atoms with van der Waals surface area (Å²) in [4.78, 5) is 12.1. The highest BCUT2D eigenvalue weighted by Crippen LogP contribution is 2.17. The van der Waals surface area contributed by atoms with E-state index < -0.39 is 12.1 Å². The molecule has 0 aromatic rings. The molecule has 0 aromatic carbocycles. The molecule has 4 nitrogen and oxygen atoms in total. The summed E-state index contributed by atoms with van der Waals surface area (Å²) in [5.41, 5.74) is 0. The van der Waals surface area contributed by atoms with Crippen molar-refractivity contribution in [3.05, 3.63) is 12.2 Å². The SMILES string of the molecule is CCCCCCCCCCCCCCCCCCCCCCCCCCCCCCC/C=C/C(O)C(CO)NC(=O)CCCCCCC. The minimum atomic E-state index is -0.831. The summed E-state index contributed by atoms with van der Waals surface area (Å²) >= 11 is 0. The van der Waals surface area contributed by atoms with E-state index in [0.717, 1.165) is 32.1 Å². The molecule has 0 heterocycles. The molecule has 0 bridgehead atoms. The van der Waals surface area contributed by atoms with Gasteiger partial charge in [0.15, 0.2) is 0 Å². The highest BCUT2D eigenvalue weighted by molar-refractivity contribution is 5.76. The predicted octanol–water partition coefficient (Wildman–Crippen LogP) is 13.5. The van der Waals surface area contributed by atoms with Gasteiger partial charge in [-0.3, -0.25) is 4.79 Å². The van der Waals surface area contributed by atoms with E-state index in [1.807, 2.05) is 6.08 Å². The predicted molar refractivity (Wildman–Crippen MR) is 212 cm³/mol. The third-order valence-electron chi connectivity index (χ3n) is 10.3. The Hall–Kier alpha value is -0.870. The number of aliphatic hydroxyl groups is 2. The van der Waals surface area contributed by atoms with Crippen LogP contribution in [0, 0.1) is 0 Å². The van der Waals surface area contributed by atoms with Gasteiger partial charge in [-0.25, -0.2) is 0 Å². The highest BCUT2D eigenvalue weighted by atomic mass is 16.3. The van der Waals surface area contributed by atoms with Gasteiger partial charge in [-0.1, -0.05) is 231 Å². The second kappa shape index (κ2) is 40.6. The first-order chi connectivity index (χ1) is 23.7. The Kier molecular flexibility index (Phi) is 39.8. The van der Waals surface area contributed by atoms with Gasteiger partial charge >= 0.3 is 0 Å². The van der Waals surface area contributed by atoms with Crippen LogP contribution in [-0.2, 0) is 4.79 Å². The second-order valence-corrected chi connectivity index (χ2v) is 15.1. The minimum absolute atomic E-state index is 0.0751. The fourth-order valence-electron chi connectivity index (χ4n) is 6.89. The molecule has 0 aromatic heterocycles. The van der Waals surface area contributed by atoms with Crippen molar-refractivity contribution in [2.75, 3.05) is 6.61 Å². The minimum Gasteiger partial charge on any atom is -0.394 e. The van der Waals surface area contributed by atoms with E-state index in [0.29, 0.717) is 6.42 Å². The van der Waals surface area contributed by atoms with Gasteiger partial charge in [0.25, 0.3) is 0 Å². The molecule has 1 amide bonds. The van der Waals surface area contributed by atoms with Crippen molar-refractivity contribution in [1.29, 1.82) is 0 Å². The lowest BCUT2D eigenvalue weighted by Crippen LogP contribution is -2.45. The monoisotopic (exact) mass is 678 g/mol. The van der Waals surface area contributed by atoms with E-state index in [-0.39, 0.29) is 12.5 Å². The Morgan fingerprint density at radius 2 is 0.771 bits per heavy atom. The van der Waals surface area contributed by atoms with Crippen molar-refractivity contribution in [2.45, 2.75) is 257 Å². The van der Waals surface area contributed by atoms with Gasteiger partial charge in [-0.05, 0) is 19.3 Å². The Morgan fingerprint density at radius 3 is 1.08 bits per heavy atom. The zero-order valence-corrected chi connectivity index (χ0v) is 32.8. The molecule has 0 spiro atoms. The lowest BCUT2D eigenvalue weighted by molar-refractivity contribution is -0.123. The number of amides is 1. The molecule has 2 unspecified atom stereocenters. The molecule has 0 fully saturated rings. The number of carbonyl (C=O) groups excluding carboxylic acids is 1. The summed E-state index contributed by atoms with van der Waals surface area (Å²) in [5, 5.41) is 22.7. The van der Waals surface area contributed by atoms with Crippen molar-refractivity contribution in [3.8, 4) is 0 Å². The molecule has 0 saturated heterocycles. The number of hydrogen-bond acceptors (Lipinski definition) is 3. The molecule has 4 heteroatoms. The fourth-order valence-corrected chi connectivity index (χ4v) is 6.89. The van der Waals surface area contributed by atoms with Crippen molar-refractivity contribution < 1.29 is 15.0 Å². The molecule has 286 valence electrons. The van der Waals surface area contributed by atoms with E-state index in [2.05, 4.69) is 19.2 Å².